The fourth-order valence-electron chi connectivity index (χ4n) is 2.57. The number of nitrogens with two attached hydrogens (primary N) is 1. The molecule has 0 aliphatic rings. The van der Waals surface area contributed by atoms with Gasteiger partial charge in [-0.25, -0.2) is 0 Å². The molecule has 0 saturated carbocycles. The maximum absolute atomic E-state index is 6.16. The van der Waals surface area contributed by atoms with E-state index in [0.717, 1.165) is 10.6 Å². The number of hydrogen-bond donors (Lipinski definition) is 1. The lowest BCUT2D eigenvalue weighted by Crippen LogP contribution is -2.11. The number of halogens is 1. The van der Waals surface area contributed by atoms with E-state index >= 15 is 0 Å². The Morgan fingerprint density at radius 2 is 1.88 bits per heavy atom. The molecule has 0 radical (unpaired) electrons. The van der Waals surface area contributed by atoms with E-state index in [1.807, 2.05) is 13.0 Å². The van der Waals surface area contributed by atoms with Crippen LogP contribution in [-0.4, -0.2) is 4.57 Å². The van der Waals surface area contributed by atoms with Gasteiger partial charge in [-0.05, 0) is 38.0 Å². The summed E-state index contributed by atoms with van der Waals surface area (Å²) in [4.78, 5) is 0. The molecule has 0 aliphatic heterocycles. The topological polar surface area (TPSA) is 30.9 Å². The number of hydrogen-bond acceptors (Lipinski definition) is 1. The third-order valence-electron chi connectivity index (χ3n) is 3.28. The molecular formula is C13H17ClN2. The minimum atomic E-state index is 0.0376. The third kappa shape index (κ3) is 1.45. The van der Waals surface area contributed by atoms with E-state index in [0.29, 0.717) is 0 Å². The van der Waals surface area contributed by atoms with Crippen molar-refractivity contribution in [2.45, 2.75) is 26.8 Å². The van der Waals surface area contributed by atoms with Crippen LogP contribution in [0.1, 0.15) is 29.8 Å². The van der Waals surface area contributed by atoms with Crippen molar-refractivity contribution in [3.63, 3.8) is 0 Å². The summed E-state index contributed by atoms with van der Waals surface area (Å²) >= 11 is 6.16. The van der Waals surface area contributed by atoms with Crippen molar-refractivity contribution in [3.8, 4) is 0 Å². The van der Waals surface area contributed by atoms with E-state index in [1.165, 1.54) is 22.2 Å². The molecule has 0 spiro atoms. The van der Waals surface area contributed by atoms with Gasteiger partial charge in [0, 0.05) is 29.2 Å². The van der Waals surface area contributed by atoms with Crippen LogP contribution < -0.4 is 5.73 Å². The molecule has 0 amide bonds. The number of aryl methyl sites for hydroxylation is 3. The molecule has 0 fully saturated rings. The van der Waals surface area contributed by atoms with Crippen molar-refractivity contribution < 1.29 is 0 Å². The van der Waals surface area contributed by atoms with E-state index in [-0.39, 0.29) is 6.04 Å². The second kappa shape index (κ2) is 3.79. The zero-order valence-corrected chi connectivity index (χ0v) is 10.9. The molecule has 0 aliphatic carbocycles. The van der Waals surface area contributed by atoms with E-state index in [2.05, 4.69) is 31.5 Å². The van der Waals surface area contributed by atoms with Crippen LogP contribution >= 0.6 is 11.6 Å². The minimum absolute atomic E-state index is 0.0376. The fourth-order valence-corrected chi connectivity index (χ4v) is 2.72. The smallest absolute Gasteiger partial charge is 0.0527 e. The van der Waals surface area contributed by atoms with Gasteiger partial charge in [-0.15, -0.1) is 0 Å². The Bertz CT molecular complexity index is 553. The van der Waals surface area contributed by atoms with Gasteiger partial charge in [-0.2, -0.15) is 0 Å². The quantitative estimate of drug-likeness (QED) is 0.808. The molecule has 1 unspecified atom stereocenters. The predicted molar refractivity (Wildman–Crippen MR) is 70.0 cm³/mol. The maximum atomic E-state index is 6.16. The SMILES string of the molecule is Cc1c(C(C)N)n(C)c2c(C)c(Cl)ccc12. The lowest BCUT2D eigenvalue weighted by atomic mass is 10.1. The summed E-state index contributed by atoms with van der Waals surface area (Å²) in [7, 11) is 2.05. The maximum Gasteiger partial charge on any atom is 0.0527 e. The first-order valence-corrected chi connectivity index (χ1v) is 5.82. The van der Waals surface area contributed by atoms with Gasteiger partial charge in [0.25, 0.3) is 0 Å². The van der Waals surface area contributed by atoms with Crippen molar-refractivity contribution in [1.29, 1.82) is 0 Å². The van der Waals surface area contributed by atoms with Gasteiger partial charge in [-0.3, -0.25) is 0 Å². The molecule has 2 nitrogen and oxygen atoms in total. The lowest BCUT2D eigenvalue weighted by molar-refractivity contribution is 0.719. The van der Waals surface area contributed by atoms with Crippen molar-refractivity contribution in [2.75, 3.05) is 0 Å². The molecule has 1 aromatic carbocycles. The highest BCUT2D eigenvalue weighted by molar-refractivity contribution is 6.32. The van der Waals surface area contributed by atoms with Gasteiger partial charge >= 0.3 is 0 Å². The van der Waals surface area contributed by atoms with Gasteiger partial charge in [0.05, 0.1) is 5.52 Å². The highest BCUT2D eigenvalue weighted by Gasteiger charge is 2.16. The van der Waals surface area contributed by atoms with Gasteiger partial charge < -0.3 is 10.3 Å². The summed E-state index contributed by atoms with van der Waals surface area (Å²) in [5.41, 5.74) is 10.8. The summed E-state index contributed by atoms with van der Waals surface area (Å²) in [5.74, 6) is 0. The summed E-state index contributed by atoms with van der Waals surface area (Å²) in [5, 5.41) is 2.06. The first kappa shape index (κ1) is 11.5. The summed E-state index contributed by atoms with van der Waals surface area (Å²) in [6.07, 6.45) is 0. The van der Waals surface area contributed by atoms with E-state index in [9.17, 15) is 0 Å². The number of nitrogens with zero attached hydrogens (tertiary/aromatic N) is 1. The second-order valence-corrected chi connectivity index (χ2v) is 4.83. The van der Waals surface area contributed by atoms with Crippen LogP contribution in [0.25, 0.3) is 10.9 Å². The Labute approximate surface area is 101 Å². The fraction of sp³-hybridized carbons (Fsp3) is 0.385. The minimum Gasteiger partial charge on any atom is -0.346 e. The number of fused-ring (bicyclic) bond motifs is 1. The summed E-state index contributed by atoms with van der Waals surface area (Å²) in [6, 6.07) is 4.07. The summed E-state index contributed by atoms with van der Waals surface area (Å²) < 4.78 is 2.16. The van der Waals surface area contributed by atoms with Crippen molar-refractivity contribution in [2.24, 2.45) is 12.8 Å². The molecule has 1 heterocycles. The molecule has 2 N–H and O–H groups in total. The van der Waals surface area contributed by atoms with Crippen LogP contribution in [-0.2, 0) is 7.05 Å². The molecule has 3 heteroatoms. The average molecular weight is 237 g/mol. The molecule has 0 bridgehead atoms. The number of rotatable bonds is 1. The molecule has 16 heavy (non-hydrogen) atoms. The monoisotopic (exact) mass is 236 g/mol. The lowest BCUT2D eigenvalue weighted by Gasteiger charge is -2.10. The Morgan fingerprint density at radius 1 is 1.25 bits per heavy atom. The highest BCUT2D eigenvalue weighted by atomic mass is 35.5. The molecule has 0 saturated heterocycles. The van der Waals surface area contributed by atoms with Crippen molar-refractivity contribution in [3.05, 3.63) is 34.0 Å². The third-order valence-corrected chi connectivity index (χ3v) is 3.69. The zero-order chi connectivity index (χ0) is 12.0. The molecule has 86 valence electrons. The van der Waals surface area contributed by atoms with Crippen LogP contribution in [0.5, 0.6) is 0 Å². The Morgan fingerprint density at radius 3 is 2.44 bits per heavy atom. The molecule has 2 rings (SSSR count). The summed E-state index contributed by atoms with van der Waals surface area (Å²) in [6.45, 7) is 6.18. The van der Waals surface area contributed by atoms with Gasteiger partial charge in [0.15, 0.2) is 0 Å². The normalized spacial score (nSPS) is 13.4. The van der Waals surface area contributed by atoms with Gasteiger partial charge in [-0.1, -0.05) is 17.7 Å². The Hall–Kier alpha value is -0.990. The van der Waals surface area contributed by atoms with E-state index in [4.69, 9.17) is 17.3 Å². The first-order valence-electron chi connectivity index (χ1n) is 5.44. The number of aromatic nitrogens is 1. The first-order chi connectivity index (χ1) is 7.45. The van der Waals surface area contributed by atoms with Crippen LogP contribution in [0, 0.1) is 13.8 Å². The highest BCUT2D eigenvalue weighted by Crippen LogP contribution is 2.32. The Kier molecular flexibility index (Phi) is 2.72. The predicted octanol–water partition coefficient (Wildman–Crippen LogP) is 3.47. The molecular weight excluding hydrogens is 220 g/mol. The molecule has 1 atom stereocenters. The van der Waals surface area contributed by atoms with Crippen LogP contribution in [0.4, 0.5) is 0 Å². The average Bonchev–Trinajstić information content (AvgIpc) is 2.45. The molecule has 2 aromatic rings. The van der Waals surface area contributed by atoms with Crippen LogP contribution in [0.15, 0.2) is 12.1 Å². The van der Waals surface area contributed by atoms with Crippen molar-refractivity contribution in [1.82, 2.24) is 4.57 Å². The number of benzene rings is 1. The van der Waals surface area contributed by atoms with E-state index < -0.39 is 0 Å². The Balaban J connectivity index is 2.94. The van der Waals surface area contributed by atoms with Crippen LogP contribution in [0.3, 0.4) is 0 Å². The zero-order valence-electron chi connectivity index (χ0n) is 10.1. The van der Waals surface area contributed by atoms with Gasteiger partial charge in [0.2, 0.25) is 0 Å². The van der Waals surface area contributed by atoms with Gasteiger partial charge in [0.1, 0.15) is 0 Å². The largest absolute Gasteiger partial charge is 0.346 e. The van der Waals surface area contributed by atoms with Crippen LogP contribution in [0.2, 0.25) is 5.02 Å². The van der Waals surface area contributed by atoms with E-state index in [1.54, 1.807) is 0 Å². The second-order valence-electron chi connectivity index (χ2n) is 4.43. The van der Waals surface area contributed by atoms with Crippen molar-refractivity contribution >= 4 is 22.5 Å². The molecule has 1 aromatic heterocycles. The standard InChI is InChI=1S/C13H17ClN2/c1-7-10-5-6-11(14)8(2)13(10)16(4)12(7)9(3)15/h5-6,9H,15H2,1-4H3.